The summed E-state index contributed by atoms with van der Waals surface area (Å²) in [5.41, 5.74) is 0.0277. The van der Waals surface area contributed by atoms with E-state index >= 15 is 0 Å². The topological polar surface area (TPSA) is 59.1 Å². The predicted octanol–water partition coefficient (Wildman–Crippen LogP) is 2.70. The summed E-state index contributed by atoms with van der Waals surface area (Å²) < 4.78 is 27.7. The maximum Gasteiger partial charge on any atom is 0.243 e. The first-order chi connectivity index (χ1) is 8.86. The first-order valence-corrected chi connectivity index (χ1v) is 7.72. The Bertz CT molecular complexity index is 688. The molecule has 0 bridgehead atoms. The highest BCUT2D eigenvalue weighted by Crippen LogP contribution is 2.22. The second-order valence-corrected chi connectivity index (χ2v) is 6.83. The molecule has 2 rings (SSSR count). The summed E-state index contributed by atoms with van der Waals surface area (Å²) in [5, 5.41) is 0.819. The zero-order valence-corrected chi connectivity index (χ0v) is 12.2. The number of pyridine rings is 1. The molecule has 102 valence electrons. The maximum absolute atomic E-state index is 12.5. The van der Waals surface area contributed by atoms with Gasteiger partial charge < -0.3 is 0 Å². The molecule has 5 heteroatoms. The summed E-state index contributed by atoms with van der Waals surface area (Å²) in [6, 6.07) is 8.82. The lowest BCUT2D eigenvalue weighted by atomic mass is 10.0. The number of nitrogens with one attached hydrogen (secondary N) is 1. The van der Waals surface area contributed by atoms with Crippen molar-refractivity contribution in [3.05, 3.63) is 36.5 Å². The maximum atomic E-state index is 12.5. The Labute approximate surface area is 113 Å². The molecule has 0 aliphatic heterocycles. The third kappa shape index (κ3) is 2.93. The highest BCUT2D eigenvalue weighted by atomic mass is 32.2. The smallest absolute Gasteiger partial charge is 0.243 e. The molecule has 4 nitrogen and oxygen atoms in total. The molecule has 1 aromatic heterocycles. The molecule has 0 atom stereocenters. The van der Waals surface area contributed by atoms with Gasteiger partial charge in [-0.1, -0.05) is 25.1 Å². The molecular formula is C14H18N2O2S. The fraction of sp³-hybridized carbons (Fsp3) is 0.357. The van der Waals surface area contributed by atoms with Crippen molar-refractivity contribution in [1.29, 1.82) is 0 Å². The van der Waals surface area contributed by atoms with Gasteiger partial charge in [0.25, 0.3) is 0 Å². The second kappa shape index (κ2) is 4.90. The van der Waals surface area contributed by atoms with Crippen LogP contribution in [0.5, 0.6) is 0 Å². The zero-order valence-electron chi connectivity index (χ0n) is 11.3. The molecule has 2 aromatic rings. The van der Waals surface area contributed by atoms with Crippen LogP contribution in [0.25, 0.3) is 10.9 Å². The van der Waals surface area contributed by atoms with Gasteiger partial charge in [-0.25, -0.2) is 13.1 Å². The van der Waals surface area contributed by atoms with Crippen LogP contribution in [0.1, 0.15) is 27.2 Å². The van der Waals surface area contributed by atoms with Crippen molar-refractivity contribution in [2.24, 2.45) is 0 Å². The quantitative estimate of drug-likeness (QED) is 0.935. The van der Waals surface area contributed by atoms with Gasteiger partial charge in [-0.2, -0.15) is 0 Å². The van der Waals surface area contributed by atoms with Gasteiger partial charge in [-0.3, -0.25) is 4.98 Å². The van der Waals surface area contributed by atoms with E-state index in [9.17, 15) is 8.42 Å². The molecule has 1 N–H and O–H groups in total. The summed E-state index contributed by atoms with van der Waals surface area (Å²) in [4.78, 5) is 4.41. The summed E-state index contributed by atoms with van der Waals surface area (Å²) in [5.74, 6) is 0. The molecule has 1 heterocycles. The van der Waals surface area contributed by atoms with E-state index in [2.05, 4.69) is 9.71 Å². The van der Waals surface area contributed by atoms with Gasteiger partial charge in [0.15, 0.2) is 0 Å². The number of para-hydroxylation sites is 1. The first-order valence-electron chi connectivity index (χ1n) is 6.23. The van der Waals surface area contributed by atoms with Gasteiger partial charge >= 0.3 is 0 Å². The number of sulfonamides is 1. The van der Waals surface area contributed by atoms with Crippen LogP contribution in [-0.2, 0) is 10.0 Å². The van der Waals surface area contributed by atoms with Crippen LogP contribution < -0.4 is 4.72 Å². The fourth-order valence-corrected chi connectivity index (χ4v) is 3.45. The van der Waals surface area contributed by atoms with Gasteiger partial charge in [-0.05, 0) is 32.4 Å². The van der Waals surface area contributed by atoms with Crippen molar-refractivity contribution in [2.75, 3.05) is 0 Å². The number of nitrogens with zero attached hydrogens (tertiary/aromatic N) is 1. The minimum atomic E-state index is -3.57. The van der Waals surface area contributed by atoms with E-state index in [4.69, 9.17) is 0 Å². The van der Waals surface area contributed by atoms with Crippen LogP contribution in [-0.4, -0.2) is 18.9 Å². The van der Waals surface area contributed by atoms with Crippen molar-refractivity contribution in [1.82, 2.24) is 9.71 Å². The molecule has 0 amide bonds. The molecule has 0 unspecified atom stereocenters. The lowest BCUT2D eigenvalue weighted by molar-refractivity contribution is 0.439. The third-order valence-electron chi connectivity index (χ3n) is 3.18. The van der Waals surface area contributed by atoms with Crippen molar-refractivity contribution < 1.29 is 8.42 Å². The molecular weight excluding hydrogens is 260 g/mol. The number of hydrogen-bond donors (Lipinski definition) is 1. The van der Waals surface area contributed by atoms with Crippen LogP contribution in [0, 0.1) is 0 Å². The highest BCUT2D eigenvalue weighted by molar-refractivity contribution is 7.89. The average molecular weight is 278 g/mol. The van der Waals surface area contributed by atoms with Crippen molar-refractivity contribution in [3.63, 3.8) is 0 Å². The number of benzene rings is 1. The van der Waals surface area contributed by atoms with E-state index in [1.54, 1.807) is 24.4 Å². The Kier molecular flexibility index (Phi) is 3.60. The van der Waals surface area contributed by atoms with Crippen LogP contribution in [0.4, 0.5) is 0 Å². The Morgan fingerprint density at radius 3 is 2.58 bits per heavy atom. The second-order valence-electron chi connectivity index (χ2n) is 5.17. The highest BCUT2D eigenvalue weighted by Gasteiger charge is 2.26. The minimum absolute atomic E-state index is 0.229. The summed E-state index contributed by atoms with van der Waals surface area (Å²) >= 11 is 0. The van der Waals surface area contributed by atoms with E-state index in [1.807, 2.05) is 32.9 Å². The van der Waals surface area contributed by atoms with Gasteiger partial charge in [0.1, 0.15) is 4.90 Å². The average Bonchev–Trinajstić information content (AvgIpc) is 2.37. The third-order valence-corrected chi connectivity index (χ3v) is 4.91. The summed E-state index contributed by atoms with van der Waals surface area (Å²) in [6.07, 6.45) is 2.32. The van der Waals surface area contributed by atoms with E-state index < -0.39 is 15.6 Å². The molecule has 0 saturated carbocycles. The van der Waals surface area contributed by atoms with E-state index in [1.165, 1.54) is 0 Å². The summed E-state index contributed by atoms with van der Waals surface area (Å²) in [7, 11) is -3.57. The normalized spacial score (nSPS) is 12.8. The van der Waals surface area contributed by atoms with Crippen LogP contribution in [0.15, 0.2) is 41.4 Å². The lowest BCUT2D eigenvalue weighted by Gasteiger charge is -2.24. The molecule has 0 saturated heterocycles. The Morgan fingerprint density at radius 1 is 1.21 bits per heavy atom. The monoisotopic (exact) mass is 278 g/mol. The molecule has 1 aromatic carbocycles. The predicted molar refractivity (Wildman–Crippen MR) is 76.4 cm³/mol. The van der Waals surface area contributed by atoms with Gasteiger partial charge in [0.05, 0.1) is 5.52 Å². The molecule has 0 radical (unpaired) electrons. The van der Waals surface area contributed by atoms with Gasteiger partial charge in [0, 0.05) is 17.1 Å². The van der Waals surface area contributed by atoms with Gasteiger partial charge in [0.2, 0.25) is 10.0 Å². The molecule has 0 aliphatic carbocycles. The fourth-order valence-electron chi connectivity index (χ4n) is 1.78. The lowest BCUT2D eigenvalue weighted by Crippen LogP contribution is -2.42. The number of aromatic nitrogens is 1. The number of rotatable bonds is 4. The minimum Gasteiger partial charge on any atom is -0.255 e. The SMILES string of the molecule is CCC(C)(C)NS(=O)(=O)c1cccc2cccnc12. The van der Waals surface area contributed by atoms with Crippen LogP contribution in [0.3, 0.4) is 0 Å². The Hall–Kier alpha value is -1.46. The van der Waals surface area contributed by atoms with Crippen molar-refractivity contribution in [2.45, 2.75) is 37.6 Å². The zero-order chi connectivity index (χ0) is 14.1. The van der Waals surface area contributed by atoms with Crippen molar-refractivity contribution in [3.8, 4) is 0 Å². The van der Waals surface area contributed by atoms with Crippen molar-refractivity contribution >= 4 is 20.9 Å². The van der Waals surface area contributed by atoms with Crippen LogP contribution >= 0.6 is 0 Å². The van der Waals surface area contributed by atoms with E-state index in [0.717, 1.165) is 5.39 Å². The first kappa shape index (κ1) is 14.0. The molecule has 0 aliphatic rings. The number of hydrogen-bond acceptors (Lipinski definition) is 3. The number of fused-ring (bicyclic) bond motifs is 1. The van der Waals surface area contributed by atoms with E-state index in [-0.39, 0.29) is 4.90 Å². The standard InChI is InChI=1S/C14H18N2O2S/c1-4-14(2,3)16-19(17,18)12-9-5-7-11-8-6-10-15-13(11)12/h5-10,16H,4H2,1-3H3. The molecule has 0 spiro atoms. The largest absolute Gasteiger partial charge is 0.255 e. The summed E-state index contributed by atoms with van der Waals surface area (Å²) in [6.45, 7) is 5.68. The Balaban J connectivity index is 2.55. The van der Waals surface area contributed by atoms with E-state index in [0.29, 0.717) is 11.9 Å². The van der Waals surface area contributed by atoms with Gasteiger partial charge in [-0.15, -0.1) is 0 Å². The Morgan fingerprint density at radius 2 is 1.89 bits per heavy atom. The molecule has 0 fully saturated rings. The van der Waals surface area contributed by atoms with Crippen LogP contribution in [0.2, 0.25) is 0 Å². The molecule has 19 heavy (non-hydrogen) atoms.